The summed E-state index contributed by atoms with van der Waals surface area (Å²) in [5.74, 6) is 1.97. The van der Waals surface area contributed by atoms with Crippen LogP contribution in [0, 0.1) is 10.5 Å². The van der Waals surface area contributed by atoms with Crippen molar-refractivity contribution in [3.63, 3.8) is 0 Å². The van der Waals surface area contributed by atoms with Gasteiger partial charge in [0.2, 0.25) is 0 Å². The van der Waals surface area contributed by atoms with E-state index in [1.165, 1.54) is 0 Å². The molecule has 0 radical (unpaired) electrons. The molecule has 0 spiro atoms. The summed E-state index contributed by atoms with van der Waals surface area (Å²) >= 11 is 2.28. The Labute approximate surface area is 109 Å². The van der Waals surface area contributed by atoms with E-state index >= 15 is 0 Å². The fraction of sp³-hybridized carbons (Fsp3) is 0.250. The van der Waals surface area contributed by atoms with Crippen LogP contribution in [0.1, 0.15) is 5.82 Å². The molecule has 3 nitrogen and oxygen atoms in total. The zero-order valence-corrected chi connectivity index (χ0v) is 11.2. The minimum atomic E-state index is 0.664. The van der Waals surface area contributed by atoms with Crippen LogP contribution in [0.4, 0.5) is 0 Å². The molecule has 0 aliphatic rings. The second-order valence-corrected chi connectivity index (χ2v) is 4.61. The minimum Gasteiger partial charge on any atom is -0.491 e. The summed E-state index contributed by atoms with van der Waals surface area (Å²) in [7, 11) is 0. The number of nitrogens with zero attached hydrogens (tertiary/aromatic N) is 2. The van der Waals surface area contributed by atoms with Gasteiger partial charge in [-0.15, -0.1) is 0 Å². The van der Waals surface area contributed by atoms with E-state index in [1.807, 2.05) is 43.6 Å². The molecule has 0 aliphatic carbocycles. The summed E-state index contributed by atoms with van der Waals surface area (Å²) in [6.45, 7) is 3.49. The number of imidazole rings is 1. The molecule has 0 fully saturated rings. The maximum Gasteiger partial charge on any atom is 0.132 e. The smallest absolute Gasteiger partial charge is 0.132 e. The molecule has 0 saturated carbocycles. The topological polar surface area (TPSA) is 27.1 Å². The molecule has 1 aromatic heterocycles. The Morgan fingerprint density at radius 1 is 1.38 bits per heavy atom. The Bertz CT molecular complexity index is 468. The van der Waals surface area contributed by atoms with Crippen LogP contribution in [0.5, 0.6) is 5.75 Å². The second kappa shape index (κ2) is 5.34. The van der Waals surface area contributed by atoms with Gasteiger partial charge in [0.15, 0.2) is 0 Å². The zero-order chi connectivity index (χ0) is 11.4. The van der Waals surface area contributed by atoms with Crippen molar-refractivity contribution in [2.75, 3.05) is 6.61 Å². The van der Waals surface area contributed by atoms with Gasteiger partial charge in [0.05, 0.1) is 10.1 Å². The first kappa shape index (κ1) is 11.4. The lowest BCUT2D eigenvalue weighted by Crippen LogP contribution is -2.09. The maximum atomic E-state index is 5.71. The highest BCUT2D eigenvalue weighted by atomic mass is 127. The van der Waals surface area contributed by atoms with Gasteiger partial charge in [0, 0.05) is 12.4 Å². The van der Waals surface area contributed by atoms with Crippen molar-refractivity contribution in [2.24, 2.45) is 0 Å². The normalized spacial score (nSPS) is 10.4. The highest BCUT2D eigenvalue weighted by molar-refractivity contribution is 14.1. The van der Waals surface area contributed by atoms with Crippen LogP contribution in [0.2, 0.25) is 0 Å². The van der Waals surface area contributed by atoms with Gasteiger partial charge in [-0.25, -0.2) is 4.98 Å². The predicted octanol–water partition coefficient (Wildman–Crippen LogP) is 2.88. The number of hydrogen-bond acceptors (Lipinski definition) is 2. The molecule has 0 saturated heterocycles. The highest BCUT2D eigenvalue weighted by Crippen LogP contribution is 2.19. The van der Waals surface area contributed by atoms with Crippen LogP contribution in [-0.4, -0.2) is 16.2 Å². The van der Waals surface area contributed by atoms with Gasteiger partial charge in [0.25, 0.3) is 0 Å². The number of halogens is 1. The quantitative estimate of drug-likeness (QED) is 0.807. The van der Waals surface area contributed by atoms with Crippen molar-refractivity contribution in [2.45, 2.75) is 13.5 Å². The largest absolute Gasteiger partial charge is 0.491 e. The van der Waals surface area contributed by atoms with Crippen molar-refractivity contribution in [3.8, 4) is 5.75 Å². The van der Waals surface area contributed by atoms with Gasteiger partial charge in [-0.2, -0.15) is 0 Å². The monoisotopic (exact) mass is 328 g/mol. The molecule has 0 aliphatic heterocycles. The van der Waals surface area contributed by atoms with Crippen LogP contribution in [0.3, 0.4) is 0 Å². The van der Waals surface area contributed by atoms with E-state index in [-0.39, 0.29) is 0 Å². The lowest BCUT2D eigenvalue weighted by Gasteiger charge is -2.09. The SMILES string of the molecule is Cc1nccn1CCOc1ccccc1I. The molecule has 2 rings (SSSR count). The van der Waals surface area contributed by atoms with Gasteiger partial charge in [0.1, 0.15) is 18.2 Å². The number of hydrogen-bond donors (Lipinski definition) is 0. The number of benzene rings is 1. The summed E-state index contributed by atoms with van der Waals surface area (Å²) in [5, 5.41) is 0. The summed E-state index contributed by atoms with van der Waals surface area (Å²) in [6, 6.07) is 8.02. The fourth-order valence-electron chi connectivity index (χ4n) is 1.46. The molecule has 84 valence electrons. The summed E-state index contributed by atoms with van der Waals surface area (Å²) in [4.78, 5) is 4.17. The molecule has 4 heteroatoms. The highest BCUT2D eigenvalue weighted by Gasteiger charge is 2.00. The summed E-state index contributed by atoms with van der Waals surface area (Å²) in [6.07, 6.45) is 3.77. The van der Waals surface area contributed by atoms with Gasteiger partial charge >= 0.3 is 0 Å². The Hall–Kier alpha value is -1.04. The van der Waals surface area contributed by atoms with Crippen LogP contribution < -0.4 is 4.74 Å². The summed E-state index contributed by atoms with van der Waals surface area (Å²) in [5.41, 5.74) is 0. The van der Waals surface area contributed by atoms with Crippen LogP contribution in [0.25, 0.3) is 0 Å². The van der Waals surface area contributed by atoms with Crippen molar-refractivity contribution < 1.29 is 4.74 Å². The van der Waals surface area contributed by atoms with E-state index in [9.17, 15) is 0 Å². The Kier molecular flexibility index (Phi) is 3.82. The Balaban J connectivity index is 1.89. The van der Waals surface area contributed by atoms with Crippen LogP contribution in [0.15, 0.2) is 36.7 Å². The summed E-state index contributed by atoms with van der Waals surface area (Å²) < 4.78 is 8.93. The van der Waals surface area contributed by atoms with Crippen molar-refractivity contribution in [1.82, 2.24) is 9.55 Å². The second-order valence-electron chi connectivity index (χ2n) is 3.45. The van der Waals surface area contributed by atoms with Gasteiger partial charge in [-0.3, -0.25) is 0 Å². The number of ether oxygens (including phenoxy) is 1. The van der Waals surface area contributed by atoms with E-state index in [4.69, 9.17) is 4.74 Å². The third kappa shape index (κ3) is 2.75. The fourth-order valence-corrected chi connectivity index (χ4v) is 2.00. The first-order chi connectivity index (χ1) is 7.77. The first-order valence-electron chi connectivity index (χ1n) is 5.12. The molecule has 0 N–H and O–H groups in total. The zero-order valence-electron chi connectivity index (χ0n) is 9.06. The average Bonchev–Trinajstić information content (AvgIpc) is 2.67. The van der Waals surface area contributed by atoms with Crippen LogP contribution >= 0.6 is 22.6 Å². The van der Waals surface area contributed by atoms with Gasteiger partial charge < -0.3 is 9.30 Å². The van der Waals surface area contributed by atoms with Gasteiger partial charge in [-0.1, -0.05) is 12.1 Å². The molecule has 0 bridgehead atoms. The predicted molar refractivity (Wildman–Crippen MR) is 71.6 cm³/mol. The van der Waals surface area contributed by atoms with Crippen molar-refractivity contribution in [1.29, 1.82) is 0 Å². The van der Waals surface area contributed by atoms with E-state index in [0.717, 1.165) is 21.7 Å². The number of rotatable bonds is 4. The molecular formula is C12H13IN2O. The molecule has 0 atom stereocenters. The molecule has 0 amide bonds. The molecule has 0 unspecified atom stereocenters. The first-order valence-corrected chi connectivity index (χ1v) is 6.20. The maximum absolute atomic E-state index is 5.71. The standard InChI is InChI=1S/C12H13IN2O/c1-10-14-6-7-15(10)8-9-16-12-5-3-2-4-11(12)13/h2-7H,8-9H2,1H3. The van der Waals surface area contributed by atoms with E-state index in [2.05, 4.69) is 32.1 Å². The Morgan fingerprint density at radius 2 is 2.19 bits per heavy atom. The van der Waals surface area contributed by atoms with Gasteiger partial charge in [-0.05, 0) is 41.6 Å². The molecule has 1 heterocycles. The molecule has 1 aromatic carbocycles. The van der Waals surface area contributed by atoms with Crippen molar-refractivity contribution >= 4 is 22.6 Å². The van der Waals surface area contributed by atoms with E-state index in [0.29, 0.717) is 6.61 Å². The lowest BCUT2D eigenvalue weighted by atomic mass is 10.3. The third-order valence-corrected chi connectivity index (χ3v) is 3.24. The van der Waals surface area contributed by atoms with Crippen LogP contribution in [-0.2, 0) is 6.54 Å². The molecule has 16 heavy (non-hydrogen) atoms. The van der Waals surface area contributed by atoms with Crippen molar-refractivity contribution in [3.05, 3.63) is 46.1 Å². The minimum absolute atomic E-state index is 0.664. The molecule has 2 aromatic rings. The third-order valence-electron chi connectivity index (χ3n) is 2.35. The van der Waals surface area contributed by atoms with E-state index < -0.39 is 0 Å². The molecular weight excluding hydrogens is 315 g/mol. The number of aryl methyl sites for hydroxylation is 1. The average molecular weight is 328 g/mol. The number of para-hydroxylation sites is 1. The lowest BCUT2D eigenvalue weighted by molar-refractivity contribution is 0.295. The Morgan fingerprint density at radius 3 is 2.88 bits per heavy atom. The van der Waals surface area contributed by atoms with E-state index in [1.54, 1.807) is 0 Å². The number of aromatic nitrogens is 2.